The monoisotopic (exact) mass is 364 g/mol. The van der Waals surface area contributed by atoms with Crippen LogP contribution in [-0.4, -0.2) is 11.0 Å². The summed E-state index contributed by atoms with van der Waals surface area (Å²) >= 11 is 5.25. The van der Waals surface area contributed by atoms with E-state index >= 15 is 0 Å². The van der Waals surface area contributed by atoms with Gasteiger partial charge in [0.05, 0.1) is 0 Å². The topological polar surface area (TPSA) is 41.1 Å². The van der Waals surface area contributed by atoms with Gasteiger partial charge < -0.3 is 5.32 Å². The van der Waals surface area contributed by atoms with Crippen LogP contribution in [0.15, 0.2) is 78.9 Å². The second-order valence-corrected chi connectivity index (χ2v) is 6.14. The highest BCUT2D eigenvalue weighted by atomic mass is 32.1. The number of hydrogen-bond donors (Lipinski definition) is 2. The molecule has 26 heavy (non-hydrogen) atoms. The zero-order valence-electron chi connectivity index (χ0n) is 13.9. The summed E-state index contributed by atoms with van der Waals surface area (Å²) in [7, 11) is 0. The third-order valence-corrected chi connectivity index (χ3v) is 4.04. The smallest absolute Gasteiger partial charge is 0.257 e. The van der Waals surface area contributed by atoms with Crippen molar-refractivity contribution in [2.45, 2.75) is 6.42 Å². The van der Waals surface area contributed by atoms with Gasteiger partial charge in [0.1, 0.15) is 5.82 Å². The fraction of sp³-hybridized carbons (Fsp3) is 0.0476. The standard InChI is InChI=1S/C21H17FN2OS/c22-18-12-10-16(11-13-18)20(25)24-21(26)23-19-9-5-4-8-17(19)14-15-6-2-1-3-7-15/h1-13H,14H2,(H2,23,24,25,26). The van der Waals surface area contributed by atoms with Gasteiger partial charge in [-0.25, -0.2) is 4.39 Å². The van der Waals surface area contributed by atoms with Crippen LogP contribution in [0, 0.1) is 5.82 Å². The summed E-state index contributed by atoms with van der Waals surface area (Å²) < 4.78 is 13.0. The Morgan fingerprint density at radius 1 is 0.885 bits per heavy atom. The number of carbonyl (C=O) groups is 1. The Morgan fingerprint density at radius 3 is 2.27 bits per heavy atom. The van der Waals surface area contributed by atoms with Crippen LogP contribution in [0.25, 0.3) is 0 Å². The number of rotatable bonds is 4. The van der Waals surface area contributed by atoms with Crippen LogP contribution in [0.1, 0.15) is 21.5 Å². The Kier molecular flexibility index (Phi) is 5.71. The van der Waals surface area contributed by atoms with E-state index in [-0.39, 0.29) is 11.0 Å². The molecule has 0 saturated carbocycles. The van der Waals surface area contributed by atoms with E-state index in [9.17, 15) is 9.18 Å². The molecule has 0 fully saturated rings. The van der Waals surface area contributed by atoms with Gasteiger partial charge in [0.2, 0.25) is 0 Å². The molecule has 3 aromatic rings. The van der Waals surface area contributed by atoms with E-state index in [4.69, 9.17) is 12.2 Å². The Bertz CT molecular complexity index is 911. The van der Waals surface area contributed by atoms with E-state index in [1.807, 2.05) is 42.5 Å². The van der Waals surface area contributed by atoms with E-state index in [1.165, 1.54) is 29.8 Å². The number of hydrogen-bond acceptors (Lipinski definition) is 2. The van der Waals surface area contributed by atoms with Crippen LogP contribution in [0.5, 0.6) is 0 Å². The molecule has 5 heteroatoms. The zero-order chi connectivity index (χ0) is 18.4. The van der Waals surface area contributed by atoms with Gasteiger partial charge in [-0.15, -0.1) is 0 Å². The fourth-order valence-corrected chi connectivity index (χ4v) is 2.74. The average Bonchev–Trinajstić information content (AvgIpc) is 2.64. The largest absolute Gasteiger partial charge is 0.332 e. The molecule has 0 aliphatic rings. The predicted octanol–water partition coefficient (Wildman–Crippen LogP) is 4.54. The highest BCUT2D eigenvalue weighted by Gasteiger charge is 2.10. The molecule has 3 rings (SSSR count). The second kappa shape index (κ2) is 8.36. The molecule has 0 radical (unpaired) electrons. The first-order valence-corrected chi connectivity index (χ1v) is 8.52. The van der Waals surface area contributed by atoms with Crippen molar-refractivity contribution in [3.05, 3.63) is 101 Å². The molecule has 130 valence electrons. The molecule has 1 amide bonds. The van der Waals surface area contributed by atoms with Crippen molar-refractivity contribution in [2.24, 2.45) is 0 Å². The van der Waals surface area contributed by atoms with Crippen molar-refractivity contribution in [3.63, 3.8) is 0 Å². The van der Waals surface area contributed by atoms with Crippen LogP contribution in [0.3, 0.4) is 0 Å². The molecule has 0 atom stereocenters. The number of anilines is 1. The summed E-state index contributed by atoms with van der Waals surface area (Å²) in [6.07, 6.45) is 0.749. The first-order chi connectivity index (χ1) is 12.6. The average molecular weight is 364 g/mol. The van der Waals surface area contributed by atoms with Gasteiger partial charge in [0.25, 0.3) is 5.91 Å². The van der Waals surface area contributed by atoms with Crippen molar-refractivity contribution >= 4 is 28.9 Å². The van der Waals surface area contributed by atoms with Gasteiger partial charge in [0.15, 0.2) is 5.11 Å². The lowest BCUT2D eigenvalue weighted by Crippen LogP contribution is -2.34. The molecule has 0 spiro atoms. The van der Waals surface area contributed by atoms with Crippen LogP contribution < -0.4 is 10.6 Å². The molecule has 0 bridgehead atoms. The van der Waals surface area contributed by atoms with E-state index in [0.717, 1.165) is 17.7 Å². The van der Waals surface area contributed by atoms with Crippen LogP contribution in [-0.2, 0) is 6.42 Å². The summed E-state index contributed by atoms with van der Waals surface area (Å²) in [4.78, 5) is 12.2. The highest BCUT2D eigenvalue weighted by Crippen LogP contribution is 2.19. The van der Waals surface area contributed by atoms with Gasteiger partial charge in [-0.1, -0.05) is 48.5 Å². The molecule has 3 nitrogen and oxygen atoms in total. The first kappa shape index (κ1) is 17.8. The van der Waals surface area contributed by atoms with Gasteiger partial charge in [-0.3, -0.25) is 10.1 Å². The summed E-state index contributed by atoms with van der Waals surface area (Å²) in [5.74, 6) is -0.778. The number of amides is 1. The maximum absolute atomic E-state index is 13.0. The number of nitrogens with one attached hydrogen (secondary N) is 2. The Morgan fingerprint density at radius 2 is 1.54 bits per heavy atom. The molecule has 0 aliphatic carbocycles. The fourth-order valence-electron chi connectivity index (χ4n) is 2.54. The number of carbonyl (C=O) groups excluding carboxylic acids is 1. The molecule has 0 aliphatic heterocycles. The van der Waals surface area contributed by atoms with Crippen molar-refractivity contribution in [2.75, 3.05) is 5.32 Å². The quantitative estimate of drug-likeness (QED) is 0.668. The van der Waals surface area contributed by atoms with Gasteiger partial charge in [0, 0.05) is 11.3 Å². The van der Waals surface area contributed by atoms with Crippen LogP contribution in [0.2, 0.25) is 0 Å². The Balaban J connectivity index is 1.67. The van der Waals surface area contributed by atoms with Gasteiger partial charge >= 0.3 is 0 Å². The molecule has 3 aromatic carbocycles. The van der Waals surface area contributed by atoms with Gasteiger partial charge in [-0.05, 0) is 60.1 Å². The first-order valence-electron chi connectivity index (χ1n) is 8.11. The molecule has 2 N–H and O–H groups in total. The minimum Gasteiger partial charge on any atom is -0.332 e. The molecular formula is C21H17FN2OS. The van der Waals surface area contributed by atoms with Crippen molar-refractivity contribution in [3.8, 4) is 0 Å². The normalized spacial score (nSPS) is 10.2. The lowest BCUT2D eigenvalue weighted by molar-refractivity contribution is 0.0977. The predicted molar refractivity (Wildman–Crippen MR) is 106 cm³/mol. The van der Waals surface area contributed by atoms with Crippen LogP contribution >= 0.6 is 12.2 Å². The lowest BCUT2D eigenvalue weighted by atomic mass is 10.0. The summed E-state index contributed by atoms with van der Waals surface area (Å²) in [6.45, 7) is 0. The molecular weight excluding hydrogens is 347 g/mol. The van der Waals surface area contributed by atoms with E-state index < -0.39 is 5.82 Å². The number of benzene rings is 3. The minimum absolute atomic E-state index is 0.194. The summed E-state index contributed by atoms with van der Waals surface area (Å²) in [5.41, 5.74) is 3.42. The maximum Gasteiger partial charge on any atom is 0.257 e. The Hall–Kier alpha value is -3.05. The number of halogens is 1. The van der Waals surface area contributed by atoms with E-state index in [0.29, 0.717) is 5.56 Å². The molecule has 0 unspecified atom stereocenters. The second-order valence-electron chi connectivity index (χ2n) is 5.73. The summed E-state index contributed by atoms with van der Waals surface area (Å²) in [6, 6.07) is 23.2. The maximum atomic E-state index is 13.0. The zero-order valence-corrected chi connectivity index (χ0v) is 14.7. The molecule has 0 aromatic heterocycles. The third-order valence-electron chi connectivity index (χ3n) is 3.84. The third kappa shape index (κ3) is 4.74. The number of thiocarbonyl (C=S) groups is 1. The molecule has 0 saturated heterocycles. The van der Waals surface area contributed by atoms with E-state index in [2.05, 4.69) is 22.8 Å². The highest BCUT2D eigenvalue weighted by molar-refractivity contribution is 7.80. The SMILES string of the molecule is O=C(NC(=S)Nc1ccccc1Cc1ccccc1)c1ccc(F)cc1. The van der Waals surface area contributed by atoms with Crippen molar-refractivity contribution in [1.82, 2.24) is 5.32 Å². The molecule has 0 heterocycles. The Labute approximate surface area is 156 Å². The number of para-hydroxylation sites is 1. The van der Waals surface area contributed by atoms with Crippen molar-refractivity contribution in [1.29, 1.82) is 0 Å². The minimum atomic E-state index is -0.392. The van der Waals surface area contributed by atoms with Gasteiger partial charge in [-0.2, -0.15) is 0 Å². The van der Waals surface area contributed by atoms with E-state index in [1.54, 1.807) is 0 Å². The lowest BCUT2D eigenvalue weighted by Gasteiger charge is -2.13. The summed E-state index contributed by atoms with van der Waals surface area (Å²) in [5, 5.41) is 5.88. The van der Waals surface area contributed by atoms with Crippen LogP contribution in [0.4, 0.5) is 10.1 Å². The van der Waals surface area contributed by atoms with Crippen molar-refractivity contribution < 1.29 is 9.18 Å².